The number of nitrogens with zero attached hydrogens (tertiary/aromatic N) is 1. The van der Waals surface area contributed by atoms with Gasteiger partial charge in [-0.05, 0) is 18.4 Å². The van der Waals surface area contributed by atoms with Crippen LogP contribution in [0.1, 0.15) is 37.3 Å². The molecule has 16 heavy (non-hydrogen) atoms. The van der Waals surface area contributed by atoms with Gasteiger partial charge in [0.1, 0.15) is 0 Å². The highest BCUT2D eigenvalue weighted by Crippen LogP contribution is 2.34. The molecule has 0 aliphatic rings. The van der Waals surface area contributed by atoms with E-state index in [1.807, 2.05) is 13.8 Å². The molecule has 1 aromatic heterocycles. The zero-order chi connectivity index (χ0) is 12.3. The molecule has 0 fully saturated rings. The molecule has 0 spiro atoms. The first-order chi connectivity index (χ1) is 7.40. The maximum absolute atomic E-state index is 12.5. The Bertz CT molecular complexity index is 363. The van der Waals surface area contributed by atoms with Gasteiger partial charge < -0.3 is 4.74 Å². The van der Waals surface area contributed by atoms with Crippen LogP contribution in [-0.4, -0.2) is 12.1 Å². The fourth-order valence-corrected chi connectivity index (χ4v) is 1.37. The summed E-state index contributed by atoms with van der Waals surface area (Å²) in [5.41, 5.74) is -0.233. The third kappa shape index (κ3) is 2.65. The average Bonchev–Trinajstić information content (AvgIpc) is 2.25. The lowest BCUT2D eigenvalue weighted by Gasteiger charge is -2.15. The highest BCUT2D eigenvalue weighted by Gasteiger charge is 2.32. The number of rotatable bonds is 3. The molecule has 0 N–H and O–H groups in total. The van der Waals surface area contributed by atoms with Crippen molar-refractivity contribution in [3.8, 4) is 5.88 Å². The summed E-state index contributed by atoms with van der Waals surface area (Å²) in [6, 6.07) is 1.11. The number of pyridine rings is 1. The normalized spacial score (nSPS) is 13.6. The Hall–Kier alpha value is -1.26. The standard InChI is InChI=1S/C11H14F3NO/c1-4-7(2)9-5-8(11(12,13)14)6-15-10(9)16-3/h5-7H,4H2,1-3H3. The topological polar surface area (TPSA) is 22.1 Å². The molecule has 2 nitrogen and oxygen atoms in total. The Balaban J connectivity index is 3.21. The summed E-state index contributed by atoms with van der Waals surface area (Å²) in [4.78, 5) is 3.69. The molecule has 0 aliphatic carbocycles. The molecule has 1 atom stereocenters. The highest BCUT2D eigenvalue weighted by atomic mass is 19.4. The van der Waals surface area contributed by atoms with E-state index >= 15 is 0 Å². The Morgan fingerprint density at radius 2 is 2.06 bits per heavy atom. The van der Waals surface area contributed by atoms with Crippen LogP contribution in [0, 0.1) is 0 Å². The molecule has 5 heteroatoms. The van der Waals surface area contributed by atoms with Gasteiger partial charge in [-0.2, -0.15) is 13.2 Å². The number of hydrogen-bond donors (Lipinski definition) is 0. The molecule has 0 saturated heterocycles. The van der Waals surface area contributed by atoms with Gasteiger partial charge in [-0.15, -0.1) is 0 Å². The first-order valence-electron chi connectivity index (χ1n) is 5.01. The van der Waals surface area contributed by atoms with Crippen LogP contribution in [0.2, 0.25) is 0 Å². The van der Waals surface area contributed by atoms with Crippen molar-refractivity contribution in [3.63, 3.8) is 0 Å². The summed E-state index contributed by atoms with van der Waals surface area (Å²) in [5.74, 6) is 0.257. The quantitative estimate of drug-likeness (QED) is 0.795. The molecule has 1 rings (SSSR count). The minimum absolute atomic E-state index is 0.00949. The van der Waals surface area contributed by atoms with Gasteiger partial charge in [-0.3, -0.25) is 0 Å². The van der Waals surface area contributed by atoms with E-state index < -0.39 is 11.7 Å². The highest BCUT2D eigenvalue weighted by molar-refractivity contribution is 5.33. The summed E-state index contributed by atoms with van der Waals surface area (Å²) in [6.07, 6.45) is -2.83. The third-order valence-electron chi connectivity index (χ3n) is 2.54. The summed E-state index contributed by atoms with van der Waals surface area (Å²) in [7, 11) is 1.40. The maximum Gasteiger partial charge on any atom is 0.417 e. The number of aromatic nitrogens is 1. The molecule has 90 valence electrons. The molecular weight excluding hydrogens is 219 g/mol. The predicted molar refractivity (Wildman–Crippen MR) is 54.5 cm³/mol. The van der Waals surface area contributed by atoms with Crippen molar-refractivity contribution in [1.82, 2.24) is 4.98 Å². The maximum atomic E-state index is 12.5. The van der Waals surface area contributed by atoms with Gasteiger partial charge in [0, 0.05) is 11.8 Å². The molecular formula is C11H14F3NO. The van der Waals surface area contributed by atoms with Crippen LogP contribution in [0.5, 0.6) is 5.88 Å². The van der Waals surface area contributed by atoms with Crippen molar-refractivity contribution in [2.75, 3.05) is 7.11 Å². The van der Waals surface area contributed by atoms with E-state index in [4.69, 9.17) is 4.74 Å². The van der Waals surface area contributed by atoms with Gasteiger partial charge in [0.2, 0.25) is 5.88 Å². The molecule has 0 amide bonds. The predicted octanol–water partition coefficient (Wildman–Crippen LogP) is 3.62. The van der Waals surface area contributed by atoms with Crippen LogP contribution in [0.4, 0.5) is 13.2 Å². The minimum Gasteiger partial charge on any atom is -0.481 e. The molecule has 0 bridgehead atoms. The fourth-order valence-electron chi connectivity index (χ4n) is 1.37. The molecule has 1 unspecified atom stereocenters. The van der Waals surface area contributed by atoms with Gasteiger partial charge in [0.25, 0.3) is 0 Å². The number of hydrogen-bond acceptors (Lipinski definition) is 2. The Morgan fingerprint density at radius 1 is 1.44 bits per heavy atom. The molecule has 0 saturated carbocycles. The monoisotopic (exact) mass is 233 g/mol. The Morgan fingerprint density at radius 3 is 2.50 bits per heavy atom. The second-order valence-electron chi connectivity index (χ2n) is 3.63. The summed E-state index contributed by atoms with van der Waals surface area (Å²) in [6.45, 7) is 3.75. The lowest BCUT2D eigenvalue weighted by molar-refractivity contribution is -0.137. The Labute approximate surface area is 92.5 Å². The van der Waals surface area contributed by atoms with Gasteiger partial charge in [0.15, 0.2) is 0 Å². The first kappa shape index (κ1) is 12.8. The smallest absolute Gasteiger partial charge is 0.417 e. The van der Waals surface area contributed by atoms with E-state index in [9.17, 15) is 13.2 Å². The van der Waals surface area contributed by atoms with Crippen LogP contribution in [0.25, 0.3) is 0 Å². The number of halogens is 3. The van der Waals surface area contributed by atoms with Crippen LogP contribution >= 0.6 is 0 Å². The zero-order valence-electron chi connectivity index (χ0n) is 9.43. The van der Waals surface area contributed by atoms with Gasteiger partial charge in [-0.25, -0.2) is 4.98 Å². The second kappa shape index (κ2) is 4.72. The Kier molecular flexibility index (Phi) is 3.78. The van der Waals surface area contributed by atoms with Crippen molar-refractivity contribution in [3.05, 3.63) is 23.4 Å². The van der Waals surface area contributed by atoms with Crippen LogP contribution in [0.3, 0.4) is 0 Å². The van der Waals surface area contributed by atoms with Crippen LogP contribution in [0.15, 0.2) is 12.3 Å². The SMILES string of the molecule is CCC(C)c1cc(C(F)(F)F)cnc1OC. The molecule has 0 aromatic carbocycles. The minimum atomic E-state index is -4.36. The summed E-state index contributed by atoms with van der Waals surface area (Å²) in [5, 5.41) is 0. The van der Waals surface area contributed by atoms with Gasteiger partial charge in [-0.1, -0.05) is 13.8 Å². The van der Waals surface area contributed by atoms with E-state index in [1.54, 1.807) is 0 Å². The van der Waals surface area contributed by atoms with Crippen molar-refractivity contribution in [2.24, 2.45) is 0 Å². The first-order valence-corrected chi connectivity index (χ1v) is 5.01. The third-order valence-corrected chi connectivity index (χ3v) is 2.54. The van der Waals surface area contributed by atoms with Crippen molar-refractivity contribution >= 4 is 0 Å². The van der Waals surface area contributed by atoms with Crippen LogP contribution in [-0.2, 0) is 6.18 Å². The number of methoxy groups -OCH3 is 1. The van der Waals surface area contributed by atoms with Crippen LogP contribution < -0.4 is 4.74 Å². The second-order valence-corrected chi connectivity index (χ2v) is 3.63. The molecule has 1 aromatic rings. The number of ether oxygens (including phenoxy) is 1. The summed E-state index contributed by atoms with van der Waals surface area (Å²) < 4.78 is 42.4. The van der Waals surface area contributed by atoms with E-state index in [0.717, 1.165) is 18.7 Å². The molecule has 0 aliphatic heterocycles. The van der Waals surface area contributed by atoms with Crippen molar-refractivity contribution in [1.29, 1.82) is 0 Å². The van der Waals surface area contributed by atoms with Gasteiger partial charge >= 0.3 is 6.18 Å². The van der Waals surface area contributed by atoms with Crippen molar-refractivity contribution < 1.29 is 17.9 Å². The molecule has 0 radical (unpaired) electrons. The van der Waals surface area contributed by atoms with E-state index in [1.165, 1.54) is 7.11 Å². The van der Waals surface area contributed by atoms with Crippen molar-refractivity contribution in [2.45, 2.75) is 32.4 Å². The summed E-state index contributed by atoms with van der Waals surface area (Å²) >= 11 is 0. The van der Waals surface area contributed by atoms with E-state index in [2.05, 4.69) is 4.98 Å². The zero-order valence-corrected chi connectivity index (χ0v) is 9.43. The fraction of sp³-hybridized carbons (Fsp3) is 0.545. The lowest BCUT2D eigenvalue weighted by atomic mass is 9.98. The molecule has 1 heterocycles. The number of alkyl halides is 3. The van der Waals surface area contributed by atoms with E-state index in [-0.39, 0.29) is 11.8 Å². The lowest BCUT2D eigenvalue weighted by Crippen LogP contribution is -2.08. The average molecular weight is 233 g/mol. The van der Waals surface area contributed by atoms with E-state index in [0.29, 0.717) is 5.56 Å². The van der Waals surface area contributed by atoms with Gasteiger partial charge in [0.05, 0.1) is 12.7 Å². The largest absolute Gasteiger partial charge is 0.481 e.